The molecule has 6 heteroatoms. The molecule has 1 aliphatic rings. The normalized spacial score (nSPS) is 41.2. The molecule has 0 aromatic heterocycles. The number of hydrogen-bond donors (Lipinski definition) is 3. The van der Waals surface area contributed by atoms with Crippen molar-refractivity contribution in [2.24, 2.45) is 5.41 Å². The standard InChI is InChI=1S/C11H22O5S/c1-11(2,3)10-9(14)8(13)7(12)6(16-10)5-17(4)15/h6-10,12-14H,5H2,1-4H3. The molecule has 0 aromatic carbocycles. The van der Waals surface area contributed by atoms with Crippen molar-refractivity contribution in [3.63, 3.8) is 0 Å². The van der Waals surface area contributed by atoms with Crippen LogP contribution < -0.4 is 0 Å². The fourth-order valence-electron chi connectivity index (χ4n) is 2.04. The number of ether oxygens (including phenoxy) is 1. The lowest BCUT2D eigenvalue weighted by Gasteiger charge is -2.45. The van der Waals surface area contributed by atoms with Crippen LogP contribution >= 0.6 is 0 Å². The van der Waals surface area contributed by atoms with E-state index in [9.17, 15) is 19.5 Å². The summed E-state index contributed by atoms with van der Waals surface area (Å²) >= 11 is 0. The highest BCUT2D eigenvalue weighted by Gasteiger charge is 2.47. The van der Waals surface area contributed by atoms with Crippen molar-refractivity contribution in [3.8, 4) is 0 Å². The number of hydrogen-bond acceptors (Lipinski definition) is 5. The Labute approximate surface area is 104 Å². The first kappa shape index (κ1) is 15.0. The van der Waals surface area contributed by atoms with Crippen LogP contribution in [0.3, 0.4) is 0 Å². The molecule has 1 rings (SSSR count). The molecule has 0 bridgehead atoms. The van der Waals surface area contributed by atoms with E-state index in [2.05, 4.69) is 0 Å². The fourth-order valence-corrected chi connectivity index (χ4v) is 2.77. The molecule has 0 radical (unpaired) electrons. The average Bonchev–Trinajstić information content (AvgIpc) is 2.16. The first-order valence-electron chi connectivity index (χ1n) is 5.64. The summed E-state index contributed by atoms with van der Waals surface area (Å²) in [6.07, 6.45) is -3.38. The number of aliphatic hydroxyl groups excluding tert-OH is 3. The Balaban J connectivity index is 2.86. The third-order valence-corrected chi connectivity index (χ3v) is 3.76. The first-order valence-corrected chi connectivity index (χ1v) is 7.37. The topological polar surface area (TPSA) is 87.0 Å². The summed E-state index contributed by atoms with van der Waals surface area (Å²) < 4.78 is 16.8. The van der Waals surface area contributed by atoms with E-state index < -0.39 is 41.3 Å². The molecule has 5 nitrogen and oxygen atoms in total. The van der Waals surface area contributed by atoms with Crippen molar-refractivity contribution in [2.45, 2.75) is 51.3 Å². The van der Waals surface area contributed by atoms with E-state index in [1.807, 2.05) is 20.8 Å². The smallest absolute Gasteiger partial charge is 0.111 e. The molecule has 1 heterocycles. The molecule has 6 unspecified atom stereocenters. The maximum atomic E-state index is 11.2. The molecule has 102 valence electrons. The van der Waals surface area contributed by atoms with Gasteiger partial charge in [-0.1, -0.05) is 20.8 Å². The summed E-state index contributed by atoms with van der Waals surface area (Å²) in [5.41, 5.74) is -0.367. The lowest BCUT2D eigenvalue weighted by Crippen LogP contribution is -2.61. The highest BCUT2D eigenvalue weighted by atomic mass is 32.2. The van der Waals surface area contributed by atoms with Gasteiger partial charge < -0.3 is 20.1 Å². The van der Waals surface area contributed by atoms with E-state index in [0.29, 0.717) is 0 Å². The third-order valence-electron chi connectivity index (χ3n) is 2.96. The van der Waals surface area contributed by atoms with Crippen molar-refractivity contribution >= 4 is 10.8 Å². The molecule has 3 N–H and O–H groups in total. The van der Waals surface area contributed by atoms with Crippen LogP contribution in [0.15, 0.2) is 0 Å². The number of aliphatic hydroxyl groups is 3. The summed E-state index contributed by atoms with van der Waals surface area (Å²) in [5.74, 6) is 0.150. The van der Waals surface area contributed by atoms with Crippen LogP contribution in [-0.4, -0.2) is 62.1 Å². The zero-order chi connectivity index (χ0) is 13.4. The average molecular weight is 266 g/mol. The maximum Gasteiger partial charge on any atom is 0.111 e. The lowest BCUT2D eigenvalue weighted by molar-refractivity contribution is -0.238. The molecule has 1 saturated heterocycles. The number of rotatable bonds is 2. The summed E-state index contributed by atoms with van der Waals surface area (Å²) in [6.45, 7) is 5.64. The second-order valence-electron chi connectivity index (χ2n) is 5.67. The Morgan fingerprint density at radius 3 is 2.06 bits per heavy atom. The van der Waals surface area contributed by atoms with Gasteiger partial charge in [-0.15, -0.1) is 0 Å². The molecule has 0 saturated carbocycles. The van der Waals surface area contributed by atoms with Gasteiger partial charge in [-0.3, -0.25) is 4.21 Å². The van der Waals surface area contributed by atoms with E-state index in [0.717, 1.165) is 0 Å². The Morgan fingerprint density at radius 2 is 1.65 bits per heavy atom. The molecular formula is C11H22O5S. The van der Waals surface area contributed by atoms with Crippen molar-refractivity contribution in [1.29, 1.82) is 0 Å². The molecule has 0 spiro atoms. The van der Waals surface area contributed by atoms with E-state index in [1.165, 1.54) is 6.26 Å². The van der Waals surface area contributed by atoms with Crippen molar-refractivity contribution in [2.75, 3.05) is 12.0 Å². The molecule has 1 aliphatic heterocycles. The predicted octanol–water partition coefficient (Wildman–Crippen LogP) is -0.739. The molecular weight excluding hydrogens is 244 g/mol. The van der Waals surface area contributed by atoms with Gasteiger partial charge in [-0.2, -0.15) is 0 Å². The van der Waals surface area contributed by atoms with E-state index in [4.69, 9.17) is 4.74 Å². The van der Waals surface area contributed by atoms with Gasteiger partial charge >= 0.3 is 0 Å². The SMILES string of the molecule is CS(=O)CC1OC(C(C)(C)C)C(O)C(O)C1O. The largest absolute Gasteiger partial charge is 0.388 e. The minimum Gasteiger partial charge on any atom is -0.388 e. The molecule has 6 atom stereocenters. The molecule has 0 amide bonds. The summed E-state index contributed by atoms with van der Waals surface area (Å²) in [4.78, 5) is 0. The van der Waals surface area contributed by atoms with Crippen LogP contribution in [0.2, 0.25) is 0 Å². The second kappa shape index (κ2) is 5.32. The first-order chi connectivity index (χ1) is 7.64. The van der Waals surface area contributed by atoms with E-state index >= 15 is 0 Å². The Bertz CT molecular complexity index is 288. The third kappa shape index (κ3) is 3.48. The highest BCUT2D eigenvalue weighted by molar-refractivity contribution is 7.84. The minimum atomic E-state index is -1.26. The van der Waals surface area contributed by atoms with Gasteiger partial charge in [0.1, 0.15) is 18.3 Å². The van der Waals surface area contributed by atoms with Gasteiger partial charge in [0.15, 0.2) is 0 Å². The highest BCUT2D eigenvalue weighted by Crippen LogP contribution is 2.33. The maximum absolute atomic E-state index is 11.2. The Morgan fingerprint density at radius 1 is 1.12 bits per heavy atom. The zero-order valence-electron chi connectivity index (χ0n) is 10.7. The van der Waals surface area contributed by atoms with Gasteiger partial charge in [0, 0.05) is 17.1 Å². The molecule has 1 fully saturated rings. The van der Waals surface area contributed by atoms with Crippen LogP contribution in [0.5, 0.6) is 0 Å². The Kier molecular flexibility index (Phi) is 4.71. The van der Waals surface area contributed by atoms with Gasteiger partial charge in [0.2, 0.25) is 0 Å². The van der Waals surface area contributed by atoms with E-state index in [-0.39, 0.29) is 11.2 Å². The van der Waals surface area contributed by atoms with E-state index in [1.54, 1.807) is 0 Å². The van der Waals surface area contributed by atoms with Gasteiger partial charge in [-0.05, 0) is 5.41 Å². The van der Waals surface area contributed by atoms with Crippen molar-refractivity contribution in [3.05, 3.63) is 0 Å². The summed E-state index contributed by atoms with van der Waals surface area (Å²) in [6, 6.07) is 0. The second-order valence-corrected chi connectivity index (χ2v) is 7.15. The minimum absolute atomic E-state index is 0.150. The van der Waals surface area contributed by atoms with Gasteiger partial charge in [-0.25, -0.2) is 0 Å². The Hall–Kier alpha value is -0.0100. The molecule has 0 aliphatic carbocycles. The van der Waals surface area contributed by atoms with Crippen LogP contribution in [0.25, 0.3) is 0 Å². The summed E-state index contributed by atoms with van der Waals surface area (Å²) in [7, 11) is -1.13. The predicted molar refractivity (Wildman–Crippen MR) is 65.1 cm³/mol. The quantitative estimate of drug-likeness (QED) is 0.613. The van der Waals surface area contributed by atoms with Crippen LogP contribution in [0.4, 0.5) is 0 Å². The van der Waals surface area contributed by atoms with Gasteiger partial charge in [0.25, 0.3) is 0 Å². The molecule has 0 aromatic rings. The fraction of sp³-hybridized carbons (Fsp3) is 1.00. The van der Waals surface area contributed by atoms with Crippen LogP contribution in [0, 0.1) is 5.41 Å². The monoisotopic (exact) mass is 266 g/mol. The van der Waals surface area contributed by atoms with Crippen LogP contribution in [-0.2, 0) is 15.5 Å². The zero-order valence-corrected chi connectivity index (χ0v) is 11.5. The lowest BCUT2D eigenvalue weighted by atomic mass is 9.80. The van der Waals surface area contributed by atoms with Crippen molar-refractivity contribution in [1.82, 2.24) is 0 Å². The van der Waals surface area contributed by atoms with Gasteiger partial charge in [0.05, 0.1) is 18.0 Å². The summed E-state index contributed by atoms with van der Waals surface area (Å²) in [5, 5.41) is 29.4. The van der Waals surface area contributed by atoms with Crippen LogP contribution in [0.1, 0.15) is 20.8 Å². The molecule has 17 heavy (non-hydrogen) atoms. The van der Waals surface area contributed by atoms with Crippen molar-refractivity contribution < 1.29 is 24.3 Å².